The molecule has 0 amide bonds. The molecule has 2 heterocycles. The predicted octanol–water partition coefficient (Wildman–Crippen LogP) is 18.6. The van der Waals surface area contributed by atoms with Gasteiger partial charge in [0, 0.05) is 38.9 Å². The minimum atomic E-state index is -0.695. The molecule has 0 radical (unpaired) electrons. The Kier molecular flexibility index (Phi) is 8.88. The van der Waals surface area contributed by atoms with Crippen molar-refractivity contribution in [3.05, 3.63) is 317 Å². The van der Waals surface area contributed by atoms with Crippen molar-refractivity contribution in [1.82, 2.24) is 0 Å². The lowest BCUT2D eigenvalue weighted by Crippen LogP contribution is -2.32. The molecule has 0 bridgehead atoms. The van der Waals surface area contributed by atoms with Gasteiger partial charge >= 0.3 is 0 Å². The van der Waals surface area contributed by atoms with E-state index in [2.05, 4.69) is 278 Å². The van der Waals surface area contributed by atoms with Crippen LogP contribution in [0, 0.1) is 0 Å². The van der Waals surface area contributed by atoms with Gasteiger partial charge in [-0.05, 0) is 115 Å². The molecule has 12 aromatic rings. The van der Waals surface area contributed by atoms with E-state index in [9.17, 15) is 0 Å². The third-order valence-corrected chi connectivity index (χ3v) is 16.6. The highest BCUT2D eigenvalue weighted by Crippen LogP contribution is 2.67. The number of anilines is 3. The fraction of sp³-hybridized carbons (Fsp3) is 0.0278. The van der Waals surface area contributed by atoms with Crippen LogP contribution in [0.2, 0.25) is 0 Å². The lowest BCUT2D eigenvalue weighted by atomic mass is 9.66. The summed E-state index contributed by atoms with van der Waals surface area (Å²) in [5.74, 6) is 3.49. The van der Waals surface area contributed by atoms with Crippen molar-refractivity contribution >= 4 is 27.8 Å². The zero-order valence-electron chi connectivity index (χ0n) is 40.7. The molecule has 0 saturated carbocycles. The van der Waals surface area contributed by atoms with Crippen LogP contribution in [-0.2, 0) is 10.8 Å². The monoisotopic (exact) mass is 955 g/mol. The molecule has 2 aliphatic heterocycles. The van der Waals surface area contributed by atoms with E-state index < -0.39 is 10.8 Å². The smallest absolute Gasteiger partial charge is 0.132 e. The molecule has 0 aromatic heterocycles. The van der Waals surface area contributed by atoms with Gasteiger partial charge in [-0.25, -0.2) is 0 Å². The highest BCUT2D eigenvalue weighted by atomic mass is 16.5. The summed E-state index contributed by atoms with van der Waals surface area (Å²) in [6.45, 7) is 0. The molecular weight excluding hydrogens is 911 g/mol. The van der Waals surface area contributed by atoms with Crippen LogP contribution in [0.5, 0.6) is 23.0 Å². The van der Waals surface area contributed by atoms with Crippen LogP contribution in [0.4, 0.5) is 17.1 Å². The average molecular weight is 956 g/mol. The van der Waals surface area contributed by atoms with E-state index in [-0.39, 0.29) is 0 Å². The maximum Gasteiger partial charge on any atom is 0.132 e. The Hall–Kier alpha value is -9.70. The Morgan fingerprint density at radius 1 is 0.240 bits per heavy atom. The predicted molar refractivity (Wildman–Crippen MR) is 304 cm³/mol. The summed E-state index contributed by atoms with van der Waals surface area (Å²) in [5, 5.41) is 2.40. The number of hydrogen-bond donors (Lipinski definition) is 0. The van der Waals surface area contributed by atoms with E-state index in [0.29, 0.717) is 0 Å². The zero-order valence-corrected chi connectivity index (χ0v) is 40.7. The molecule has 16 rings (SSSR count). The van der Waals surface area contributed by atoms with Crippen molar-refractivity contribution in [2.45, 2.75) is 10.8 Å². The molecule has 3 nitrogen and oxygen atoms in total. The topological polar surface area (TPSA) is 21.7 Å². The van der Waals surface area contributed by atoms with Crippen molar-refractivity contribution in [1.29, 1.82) is 0 Å². The third-order valence-electron chi connectivity index (χ3n) is 16.6. The van der Waals surface area contributed by atoms with Crippen LogP contribution in [0.1, 0.15) is 44.5 Å². The molecule has 2 aliphatic carbocycles. The minimum Gasteiger partial charge on any atom is -0.457 e. The van der Waals surface area contributed by atoms with E-state index in [1.54, 1.807) is 0 Å². The van der Waals surface area contributed by atoms with Crippen LogP contribution in [-0.4, -0.2) is 0 Å². The van der Waals surface area contributed by atoms with Crippen molar-refractivity contribution in [2.75, 3.05) is 4.90 Å². The second-order valence-corrected chi connectivity index (χ2v) is 20.2. The molecule has 75 heavy (non-hydrogen) atoms. The summed E-state index contributed by atoms with van der Waals surface area (Å²) < 4.78 is 13.7. The van der Waals surface area contributed by atoms with E-state index in [4.69, 9.17) is 9.47 Å². The second kappa shape index (κ2) is 15.9. The number of nitrogens with zero attached hydrogens (tertiary/aromatic N) is 1. The van der Waals surface area contributed by atoms with Gasteiger partial charge in [-0.15, -0.1) is 0 Å². The Labute approximate surface area is 435 Å². The number of fused-ring (bicyclic) bond motifs is 19. The van der Waals surface area contributed by atoms with E-state index in [1.807, 2.05) is 0 Å². The molecule has 3 heteroatoms. The molecule has 0 saturated heterocycles. The lowest BCUT2D eigenvalue weighted by molar-refractivity contribution is 0.436. The summed E-state index contributed by atoms with van der Waals surface area (Å²) >= 11 is 0. The van der Waals surface area contributed by atoms with Gasteiger partial charge in [0.2, 0.25) is 0 Å². The summed E-state index contributed by atoms with van der Waals surface area (Å²) in [6, 6.07) is 100. The first kappa shape index (κ1) is 41.9. The number of hydrogen-bond acceptors (Lipinski definition) is 3. The van der Waals surface area contributed by atoms with Gasteiger partial charge in [-0.3, -0.25) is 0 Å². The lowest BCUT2D eigenvalue weighted by Gasteiger charge is -2.40. The number of rotatable bonds is 5. The fourth-order valence-corrected chi connectivity index (χ4v) is 13.6. The first-order valence-corrected chi connectivity index (χ1v) is 25.9. The highest BCUT2D eigenvalue weighted by molar-refractivity contribution is 6.06. The molecule has 0 unspecified atom stereocenters. The van der Waals surface area contributed by atoms with Gasteiger partial charge in [0.15, 0.2) is 0 Å². The SMILES string of the molecule is c1ccc(-c2ccc(-c3ccccc3N(c3cccc4c3-c3ccccc3C43c4ccccc4Oc4ccccc43)c3cccc4c3-c3cc5ccccc5cc3C43c4ccccc4Oc4ccccc43)cc2)cc1. The summed E-state index contributed by atoms with van der Waals surface area (Å²) in [6.07, 6.45) is 0. The first-order chi connectivity index (χ1) is 37.2. The molecule has 0 N–H and O–H groups in total. The molecule has 0 atom stereocenters. The standard InChI is InChI=1S/C72H45NO2/c1-2-20-46(21-3-1)47-40-42-48(43-41-47)51-24-7-13-33-62(51)73(63-34-18-31-59-69(63)52-25-6-8-26-54(52)71(59)55-27-9-14-36-65(55)74-66-37-15-10-28-56(66)71)64-35-19-32-60-70(64)53-44-49-22-4-5-23-50(49)45-61(53)72(60)57-29-11-16-38-67(57)75-68-39-17-12-30-58(68)72/h1-45H. The largest absolute Gasteiger partial charge is 0.457 e. The van der Waals surface area contributed by atoms with Crippen LogP contribution < -0.4 is 14.4 Å². The quantitative estimate of drug-likeness (QED) is 0.172. The van der Waals surface area contributed by atoms with Crippen LogP contribution in [0.15, 0.2) is 273 Å². The van der Waals surface area contributed by atoms with Gasteiger partial charge in [0.05, 0.1) is 27.9 Å². The maximum absolute atomic E-state index is 6.87. The molecule has 0 fully saturated rings. The fourth-order valence-electron chi connectivity index (χ4n) is 13.6. The Morgan fingerprint density at radius 2 is 0.627 bits per heavy atom. The van der Waals surface area contributed by atoms with Gasteiger partial charge in [-0.2, -0.15) is 0 Å². The van der Waals surface area contributed by atoms with Gasteiger partial charge in [-0.1, -0.05) is 218 Å². The summed E-state index contributed by atoms with van der Waals surface area (Å²) in [4.78, 5) is 2.60. The average Bonchev–Trinajstić information content (AvgIpc) is 4.17. The molecule has 2 spiro atoms. The number of para-hydroxylation sites is 5. The van der Waals surface area contributed by atoms with Crippen molar-refractivity contribution in [3.63, 3.8) is 0 Å². The zero-order chi connectivity index (χ0) is 49.2. The van der Waals surface area contributed by atoms with Crippen molar-refractivity contribution in [3.8, 4) is 67.5 Å². The van der Waals surface area contributed by atoms with Crippen LogP contribution in [0.3, 0.4) is 0 Å². The summed E-state index contributed by atoms with van der Waals surface area (Å²) in [7, 11) is 0. The highest BCUT2D eigenvalue weighted by Gasteiger charge is 2.54. The van der Waals surface area contributed by atoms with Crippen LogP contribution >= 0.6 is 0 Å². The maximum atomic E-state index is 6.87. The Bertz CT molecular complexity index is 4230. The van der Waals surface area contributed by atoms with E-state index in [0.717, 1.165) is 73.4 Å². The van der Waals surface area contributed by atoms with Crippen molar-refractivity contribution < 1.29 is 9.47 Å². The molecular formula is C72H45NO2. The Morgan fingerprint density at radius 3 is 1.20 bits per heavy atom. The minimum absolute atomic E-state index is 0.657. The second-order valence-electron chi connectivity index (χ2n) is 20.2. The third kappa shape index (κ3) is 5.70. The van der Waals surface area contributed by atoms with Gasteiger partial charge in [0.1, 0.15) is 23.0 Å². The van der Waals surface area contributed by atoms with Gasteiger partial charge in [0.25, 0.3) is 0 Å². The van der Waals surface area contributed by atoms with Crippen molar-refractivity contribution in [2.24, 2.45) is 0 Å². The normalized spacial score (nSPS) is 14.0. The molecule has 12 aromatic carbocycles. The number of benzene rings is 12. The Balaban J connectivity index is 1.04. The molecule has 4 aliphatic rings. The first-order valence-electron chi connectivity index (χ1n) is 25.9. The van der Waals surface area contributed by atoms with E-state index in [1.165, 1.54) is 66.4 Å². The number of ether oxygens (including phenoxy) is 2. The van der Waals surface area contributed by atoms with E-state index >= 15 is 0 Å². The van der Waals surface area contributed by atoms with Gasteiger partial charge < -0.3 is 14.4 Å². The molecule has 350 valence electrons. The summed E-state index contributed by atoms with van der Waals surface area (Å²) in [5.41, 5.74) is 20.8. The van der Waals surface area contributed by atoms with Crippen LogP contribution in [0.25, 0.3) is 55.3 Å².